The Morgan fingerprint density at radius 3 is 2.48 bits per heavy atom. The van der Waals surface area contributed by atoms with Crippen LogP contribution < -0.4 is 4.74 Å². The second kappa shape index (κ2) is 8.80. The van der Waals surface area contributed by atoms with Gasteiger partial charge in [0.2, 0.25) is 5.91 Å². The van der Waals surface area contributed by atoms with E-state index in [1.807, 2.05) is 58.0 Å². The van der Waals surface area contributed by atoms with E-state index in [1.165, 1.54) is 12.8 Å². The van der Waals surface area contributed by atoms with Gasteiger partial charge in [-0.1, -0.05) is 61.4 Å². The van der Waals surface area contributed by atoms with Crippen molar-refractivity contribution in [3.05, 3.63) is 72.6 Å². The van der Waals surface area contributed by atoms with Crippen LogP contribution in [0.2, 0.25) is 0 Å². The number of imidazole rings is 1. The Labute approximate surface area is 182 Å². The first kappa shape index (κ1) is 19.6. The van der Waals surface area contributed by atoms with E-state index in [9.17, 15) is 4.79 Å². The first-order valence-corrected chi connectivity index (χ1v) is 11.1. The highest BCUT2D eigenvalue weighted by Gasteiger charge is 2.19. The summed E-state index contributed by atoms with van der Waals surface area (Å²) in [6.07, 6.45) is 4.60. The minimum Gasteiger partial charge on any atom is -0.485 e. The van der Waals surface area contributed by atoms with Gasteiger partial charge in [0.1, 0.15) is 24.7 Å². The zero-order chi connectivity index (χ0) is 21.0. The van der Waals surface area contributed by atoms with Crippen LogP contribution in [0.15, 0.2) is 66.7 Å². The van der Waals surface area contributed by atoms with Crippen LogP contribution in [0, 0.1) is 0 Å². The van der Waals surface area contributed by atoms with Gasteiger partial charge in [0.15, 0.2) is 0 Å². The molecule has 5 rings (SSSR count). The summed E-state index contributed by atoms with van der Waals surface area (Å²) in [4.78, 5) is 19.9. The van der Waals surface area contributed by atoms with Gasteiger partial charge in [0, 0.05) is 18.5 Å². The van der Waals surface area contributed by atoms with Gasteiger partial charge >= 0.3 is 0 Å². The molecular formula is C26H27N3O2. The third-order valence-electron chi connectivity index (χ3n) is 6.09. The number of aromatic nitrogens is 2. The fraction of sp³-hybridized carbons (Fsp3) is 0.308. The molecular weight excluding hydrogens is 386 g/mol. The van der Waals surface area contributed by atoms with E-state index < -0.39 is 0 Å². The molecule has 1 fully saturated rings. The number of carbonyl (C=O) groups excluding carboxylic acids is 1. The van der Waals surface area contributed by atoms with Gasteiger partial charge in [-0.15, -0.1) is 0 Å². The van der Waals surface area contributed by atoms with Crippen LogP contribution in [0.4, 0.5) is 0 Å². The summed E-state index contributed by atoms with van der Waals surface area (Å²) < 4.78 is 8.24. The zero-order valence-corrected chi connectivity index (χ0v) is 17.7. The third-order valence-corrected chi connectivity index (χ3v) is 6.09. The lowest BCUT2D eigenvalue weighted by molar-refractivity contribution is -0.131. The van der Waals surface area contributed by atoms with Crippen molar-refractivity contribution in [3.63, 3.8) is 0 Å². The maximum atomic E-state index is 13.1. The smallest absolute Gasteiger partial charge is 0.242 e. The summed E-state index contributed by atoms with van der Waals surface area (Å²) in [6.45, 7) is 2.32. The van der Waals surface area contributed by atoms with Gasteiger partial charge in [-0.2, -0.15) is 0 Å². The summed E-state index contributed by atoms with van der Waals surface area (Å²) in [7, 11) is 0. The molecule has 1 aliphatic rings. The fourth-order valence-electron chi connectivity index (χ4n) is 4.43. The van der Waals surface area contributed by atoms with Crippen LogP contribution in [0.1, 0.15) is 31.5 Å². The normalized spacial score (nSPS) is 14.6. The van der Waals surface area contributed by atoms with Crippen molar-refractivity contribution in [1.29, 1.82) is 0 Å². The topological polar surface area (TPSA) is 47.4 Å². The van der Waals surface area contributed by atoms with Gasteiger partial charge in [-0.25, -0.2) is 4.98 Å². The van der Waals surface area contributed by atoms with E-state index >= 15 is 0 Å². The summed E-state index contributed by atoms with van der Waals surface area (Å²) >= 11 is 0. The van der Waals surface area contributed by atoms with Crippen molar-refractivity contribution in [2.45, 2.75) is 38.8 Å². The molecule has 158 valence electrons. The summed E-state index contributed by atoms with van der Waals surface area (Å²) in [5.74, 6) is 1.77. The number of ether oxygens (including phenoxy) is 1. The predicted molar refractivity (Wildman–Crippen MR) is 123 cm³/mol. The largest absolute Gasteiger partial charge is 0.485 e. The van der Waals surface area contributed by atoms with Crippen LogP contribution >= 0.6 is 0 Å². The Bertz CT molecular complexity index is 1200. The first-order valence-electron chi connectivity index (χ1n) is 11.1. The second-order valence-electron chi connectivity index (χ2n) is 8.16. The minimum atomic E-state index is 0.163. The Morgan fingerprint density at radius 2 is 1.61 bits per heavy atom. The fourth-order valence-corrected chi connectivity index (χ4v) is 4.43. The molecule has 0 radical (unpaired) electrons. The lowest BCUT2D eigenvalue weighted by Crippen LogP contribution is -2.35. The van der Waals surface area contributed by atoms with Crippen molar-refractivity contribution >= 4 is 27.7 Å². The number of nitrogens with zero attached hydrogens (tertiary/aromatic N) is 3. The number of hydrogen-bond acceptors (Lipinski definition) is 3. The second-order valence-corrected chi connectivity index (χ2v) is 8.16. The van der Waals surface area contributed by atoms with Gasteiger partial charge in [-0.05, 0) is 36.4 Å². The molecule has 0 bridgehead atoms. The maximum absolute atomic E-state index is 13.1. The van der Waals surface area contributed by atoms with Crippen molar-refractivity contribution in [1.82, 2.24) is 14.5 Å². The minimum absolute atomic E-state index is 0.163. The zero-order valence-electron chi connectivity index (χ0n) is 17.7. The number of likely N-dealkylation sites (tertiary alicyclic amines) is 1. The van der Waals surface area contributed by atoms with E-state index in [2.05, 4.69) is 18.2 Å². The molecule has 0 unspecified atom stereocenters. The van der Waals surface area contributed by atoms with E-state index in [0.29, 0.717) is 13.2 Å². The third kappa shape index (κ3) is 4.13. The highest BCUT2D eigenvalue weighted by atomic mass is 16.5. The molecule has 0 aliphatic carbocycles. The summed E-state index contributed by atoms with van der Waals surface area (Å²) in [6, 6.07) is 22.2. The standard InChI is InChI=1S/C26H27N3O2/c30-26(28-16-7-1-2-8-17-28)18-29-23-14-6-5-13-22(23)27-25(29)19-31-24-15-9-11-20-10-3-4-12-21(20)24/h3-6,9-15H,1-2,7-8,16-19H2. The summed E-state index contributed by atoms with van der Waals surface area (Å²) in [5, 5.41) is 2.22. The number of hydrogen-bond donors (Lipinski definition) is 0. The number of rotatable bonds is 5. The monoisotopic (exact) mass is 413 g/mol. The number of fused-ring (bicyclic) bond motifs is 2. The molecule has 1 saturated heterocycles. The first-order chi connectivity index (χ1) is 15.3. The van der Waals surface area contributed by atoms with Gasteiger partial charge < -0.3 is 14.2 Å². The van der Waals surface area contributed by atoms with Crippen molar-refractivity contribution in [2.24, 2.45) is 0 Å². The number of carbonyl (C=O) groups is 1. The van der Waals surface area contributed by atoms with Crippen molar-refractivity contribution in [2.75, 3.05) is 13.1 Å². The Kier molecular flexibility index (Phi) is 5.57. The molecule has 5 heteroatoms. The Balaban J connectivity index is 1.42. The van der Waals surface area contributed by atoms with Crippen LogP contribution in [-0.2, 0) is 17.9 Å². The quantitative estimate of drug-likeness (QED) is 0.453. The van der Waals surface area contributed by atoms with Crippen LogP contribution in [0.3, 0.4) is 0 Å². The molecule has 0 N–H and O–H groups in total. The van der Waals surface area contributed by atoms with E-state index in [0.717, 1.165) is 59.3 Å². The highest BCUT2D eigenvalue weighted by molar-refractivity contribution is 5.88. The lowest BCUT2D eigenvalue weighted by Gasteiger charge is -2.21. The van der Waals surface area contributed by atoms with Crippen LogP contribution in [-0.4, -0.2) is 33.4 Å². The van der Waals surface area contributed by atoms with E-state index in [1.54, 1.807) is 0 Å². The molecule has 1 aliphatic heterocycles. The number of benzene rings is 3. The molecule has 4 aromatic rings. The Hall–Kier alpha value is -3.34. The van der Waals surface area contributed by atoms with Crippen molar-refractivity contribution in [3.8, 4) is 5.75 Å². The maximum Gasteiger partial charge on any atom is 0.242 e. The van der Waals surface area contributed by atoms with E-state index in [4.69, 9.17) is 9.72 Å². The molecule has 0 atom stereocenters. The molecule has 0 saturated carbocycles. The number of para-hydroxylation sites is 2. The molecule has 31 heavy (non-hydrogen) atoms. The number of amides is 1. The molecule has 0 spiro atoms. The SMILES string of the molecule is O=C(Cn1c(COc2cccc3ccccc23)nc2ccccc21)N1CCCCCC1. The van der Waals surface area contributed by atoms with Gasteiger partial charge in [0.25, 0.3) is 0 Å². The van der Waals surface area contributed by atoms with E-state index in [-0.39, 0.29) is 5.91 Å². The average molecular weight is 414 g/mol. The van der Waals surface area contributed by atoms with Crippen molar-refractivity contribution < 1.29 is 9.53 Å². The molecule has 3 aromatic carbocycles. The van der Waals surface area contributed by atoms with Gasteiger partial charge in [-0.3, -0.25) is 4.79 Å². The van der Waals surface area contributed by atoms with Crippen LogP contribution in [0.25, 0.3) is 21.8 Å². The highest BCUT2D eigenvalue weighted by Crippen LogP contribution is 2.26. The molecule has 1 aromatic heterocycles. The van der Waals surface area contributed by atoms with Gasteiger partial charge in [0.05, 0.1) is 11.0 Å². The lowest BCUT2D eigenvalue weighted by atomic mass is 10.1. The van der Waals surface area contributed by atoms with Crippen LogP contribution in [0.5, 0.6) is 5.75 Å². The molecule has 5 nitrogen and oxygen atoms in total. The predicted octanol–water partition coefficient (Wildman–Crippen LogP) is 5.17. The molecule has 1 amide bonds. The Morgan fingerprint density at radius 1 is 0.871 bits per heavy atom. The summed E-state index contributed by atoms with van der Waals surface area (Å²) in [5.41, 5.74) is 1.87. The molecule has 2 heterocycles. The average Bonchev–Trinajstić information content (AvgIpc) is 2.97.